The molecule has 194 valence electrons. The zero-order chi connectivity index (χ0) is 25.9. The van der Waals surface area contributed by atoms with Crippen molar-refractivity contribution in [1.29, 1.82) is 0 Å². The average molecular weight is 520 g/mol. The van der Waals surface area contributed by atoms with Crippen molar-refractivity contribution in [2.45, 2.75) is 39.5 Å². The summed E-state index contributed by atoms with van der Waals surface area (Å²) in [5, 5.41) is 6.55. The minimum absolute atomic E-state index is 0.0661. The smallest absolute Gasteiger partial charge is 0.313 e. The number of piperidine rings is 1. The lowest BCUT2D eigenvalue weighted by molar-refractivity contribution is -0.136. The number of carbonyl (C=O) groups is 3. The number of aromatic nitrogens is 1. The van der Waals surface area contributed by atoms with Crippen molar-refractivity contribution in [3.8, 4) is 0 Å². The summed E-state index contributed by atoms with van der Waals surface area (Å²) in [6.07, 6.45) is 3.67. The Morgan fingerprint density at radius 3 is 2.59 bits per heavy atom. The highest BCUT2D eigenvalue weighted by atomic mass is 32.1. The predicted molar refractivity (Wildman–Crippen MR) is 148 cm³/mol. The molecule has 3 amide bonds. The Kier molecular flexibility index (Phi) is 7.41. The maximum atomic E-state index is 12.6. The van der Waals surface area contributed by atoms with Crippen LogP contribution in [0.5, 0.6) is 0 Å². The van der Waals surface area contributed by atoms with E-state index in [0.29, 0.717) is 24.7 Å². The van der Waals surface area contributed by atoms with Crippen LogP contribution < -0.4 is 20.4 Å². The molecule has 2 aromatic carbocycles. The molecule has 2 aliphatic rings. The Bertz CT molecular complexity index is 1280. The molecule has 37 heavy (non-hydrogen) atoms. The highest BCUT2D eigenvalue weighted by Gasteiger charge is 2.26. The Morgan fingerprint density at radius 2 is 1.84 bits per heavy atom. The van der Waals surface area contributed by atoms with Gasteiger partial charge in [-0.1, -0.05) is 43.4 Å². The van der Waals surface area contributed by atoms with Gasteiger partial charge >= 0.3 is 11.8 Å². The molecular formula is C28H33N5O3S. The van der Waals surface area contributed by atoms with Crippen LogP contribution in [0, 0.1) is 11.8 Å². The third kappa shape index (κ3) is 5.61. The lowest BCUT2D eigenvalue weighted by Gasteiger charge is -2.31. The van der Waals surface area contributed by atoms with E-state index in [-0.39, 0.29) is 11.8 Å². The molecule has 0 spiro atoms. The zero-order valence-corrected chi connectivity index (χ0v) is 22.1. The van der Waals surface area contributed by atoms with Crippen LogP contribution in [-0.2, 0) is 20.8 Å². The number of nitrogens with one attached hydrogen (secondary N) is 2. The van der Waals surface area contributed by atoms with Crippen molar-refractivity contribution >= 4 is 55.8 Å². The Balaban J connectivity index is 1.12. The summed E-state index contributed by atoms with van der Waals surface area (Å²) in [7, 11) is 0. The van der Waals surface area contributed by atoms with Gasteiger partial charge < -0.3 is 20.4 Å². The second-order valence-electron chi connectivity index (χ2n) is 10.2. The molecule has 2 N–H and O–H groups in total. The molecular weight excluding hydrogens is 486 g/mol. The van der Waals surface area contributed by atoms with E-state index in [2.05, 4.69) is 21.6 Å². The number of amides is 3. The first-order valence-electron chi connectivity index (χ1n) is 13.0. The van der Waals surface area contributed by atoms with Crippen molar-refractivity contribution in [2.75, 3.05) is 41.3 Å². The van der Waals surface area contributed by atoms with Crippen molar-refractivity contribution < 1.29 is 14.4 Å². The van der Waals surface area contributed by atoms with Gasteiger partial charge in [-0.05, 0) is 61.4 Å². The zero-order valence-electron chi connectivity index (χ0n) is 21.3. The average Bonchev–Trinajstić information content (AvgIpc) is 3.35. The van der Waals surface area contributed by atoms with Crippen LogP contribution in [0.2, 0.25) is 0 Å². The maximum Gasteiger partial charge on any atom is 0.313 e. The molecule has 0 bridgehead atoms. The van der Waals surface area contributed by atoms with Gasteiger partial charge in [0.15, 0.2) is 5.13 Å². The standard InChI is InChI=1S/C28H33N5O3S/c1-18(2)27(36)33-13-5-6-20-9-10-21(16-23(20)33)30-26(35)25(34)29-17-19-11-14-32(15-12-19)28-31-22-7-3-4-8-24(22)37-28/h3-4,7-10,16,18-19H,5-6,11-15,17H2,1-2H3,(H,29,34)(H,30,35). The van der Waals surface area contributed by atoms with Gasteiger partial charge in [0.25, 0.3) is 0 Å². The number of fused-ring (bicyclic) bond motifs is 2. The van der Waals surface area contributed by atoms with Gasteiger partial charge in [-0.3, -0.25) is 14.4 Å². The summed E-state index contributed by atoms with van der Waals surface area (Å²) >= 11 is 1.71. The van der Waals surface area contributed by atoms with E-state index in [1.54, 1.807) is 28.4 Å². The van der Waals surface area contributed by atoms with E-state index in [1.165, 1.54) is 4.70 Å². The van der Waals surface area contributed by atoms with Gasteiger partial charge in [0.1, 0.15) is 0 Å². The predicted octanol–water partition coefficient (Wildman–Crippen LogP) is 4.20. The number of benzene rings is 2. The van der Waals surface area contributed by atoms with E-state index in [9.17, 15) is 14.4 Å². The number of hydrogen-bond donors (Lipinski definition) is 2. The van der Waals surface area contributed by atoms with Crippen LogP contribution in [0.15, 0.2) is 42.5 Å². The fourth-order valence-corrected chi connectivity index (χ4v) is 6.04. The van der Waals surface area contributed by atoms with Gasteiger partial charge in [0, 0.05) is 43.5 Å². The number of carbonyl (C=O) groups excluding carboxylic acids is 3. The fourth-order valence-electron chi connectivity index (χ4n) is 5.02. The number of anilines is 3. The number of nitrogens with zero attached hydrogens (tertiary/aromatic N) is 3. The van der Waals surface area contributed by atoms with Crippen molar-refractivity contribution in [2.24, 2.45) is 11.8 Å². The molecule has 0 saturated carbocycles. The summed E-state index contributed by atoms with van der Waals surface area (Å²) in [6, 6.07) is 13.7. The van der Waals surface area contributed by atoms with E-state index >= 15 is 0 Å². The lowest BCUT2D eigenvalue weighted by Crippen LogP contribution is -2.42. The highest BCUT2D eigenvalue weighted by Crippen LogP contribution is 2.32. The van der Waals surface area contributed by atoms with Crippen LogP contribution in [0.25, 0.3) is 10.2 Å². The van der Waals surface area contributed by atoms with Crippen LogP contribution in [0.3, 0.4) is 0 Å². The lowest BCUT2D eigenvalue weighted by atomic mass is 9.97. The third-order valence-electron chi connectivity index (χ3n) is 7.15. The Hall–Kier alpha value is -3.46. The summed E-state index contributed by atoms with van der Waals surface area (Å²) in [6.45, 7) is 6.68. The quantitative estimate of drug-likeness (QED) is 0.493. The normalized spacial score (nSPS) is 16.1. The van der Waals surface area contributed by atoms with E-state index < -0.39 is 11.8 Å². The number of aryl methyl sites for hydroxylation is 1. The molecule has 0 unspecified atom stereocenters. The molecule has 8 nitrogen and oxygen atoms in total. The van der Waals surface area contributed by atoms with Crippen LogP contribution in [0.4, 0.5) is 16.5 Å². The molecule has 1 fully saturated rings. The van der Waals surface area contributed by atoms with Gasteiger partial charge in [-0.15, -0.1) is 0 Å². The largest absolute Gasteiger partial charge is 0.348 e. The molecule has 1 saturated heterocycles. The van der Waals surface area contributed by atoms with Crippen molar-refractivity contribution in [3.63, 3.8) is 0 Å². The topological polar surface area (TPSA) is 94.6 Å². The number of thiazole rings is 1. The Morgan fingerprint density at radius 1 is 1.05 bits per heavy atom. The molecule has 1 aromatic heterocycles. The number of para-hydroxylation sites is 1. The highest BCUT2D eigenvalue weighted by molar-refractivity contribution is 7.22. The number of rotatable bonds is 5. The molecule has 9 heteroatoms. The minimum Gasteiger partial charge on any atom is -0.348 e. The van der Waals surface area contributed by atoms with Crippen LogP contribution in [0.1, 0.15) is 38.7 Å². The molecule has 0 aliphatic carbocycles. The minimum atomic E-state index is -0.690. The SMILES string of the molecule is CC(C)C(=O)N1CCCc2ccc(NC(=O)C(=O)NCC3CCN(c4nc5ccccc5s4)CC3)cc21. The van der Waals surface area contributed by atoms with Gasteiger partial charge in [0.2, 0.25) is 5.91 Å². The van der Waals surface area contributed by atoms with Gasteiger partial charge in [-0.2, -0.15) is 0 Å². The van der Waals surface area contributed by atoms with E-state index in [4.69, 9.17) is 4.98 Å². The van der Waals surface area contributed by atoms with Crippen LogP contribution >= 0.6 is 11.3 Å². The first kappa shape index (κ1) is 25.2. The summed E-state index contributed by atoms with van der Waals surface area (Å²) in [4.78, 5) is 46.6. The molecule has 2 aliphatic heterocycles. The molecule has 3 aromatic rings. The van der Waals surface area contributed by atoms with Gasteiger partial charge in [0.05, 0.1) is 10.2 Å². The molecule has 0 radical (unpaired) electrons. The summed E-state index contributed by atoms with van der Waals surface area (Å²) in [5.41, 5.74) is 3.45. The first-order valence-corrected chi connectivity index (χ1v) is 13.8. The molecule has 3 heterocycles. The summed E-state index contributed by atoms with van der Waals surface area (Å²) in [5.74, 6) is -1.05. The molecule has 5 rings (SSSR count). The van der Waals surface area contributed by atoms with Crippen molar-refractivity contribution in [1.82, 2.24) is 10.3 Å². The summed E-state index contributed by atoms with van der Waals surface area (Å²) < 4.78 is 1.19. The molecule has 0 atom stereocenters. The second-order valence-corrected chi connectivity index (χ2v) is 11.2. The first-order chi connectivity index (χ1) is 17.9. The van der Waals surface area contributed by atoms with E-state index in [1.807, 2.05) is 38.1 Å². The van der Waals surface area contributed by atoms with Crippen molar-refractivity contribution in [3.05, 3.63) is 48.0 Å². The monoisotopic (exact) mass is 519 g/mol. The van der Waals surface area contributed by atoms with Gasteiger partial charge in [-0.25, -0.2) is 4.98 Å². The third-order valence-corrected chi connectivity index (χ3v) is 8.24. The fraction of sp³-hybridized carbons (Fsp3) is 0.429. The Labute approximate surface area is 221 Å². The number of hydrogen-bond acceptors (Lipinski definition) is 6. The van der Waals surface area contributed by atoms with Crippen LogP contribution in [-0.4, -0.2) is 48.9 Å². The van der Waals surface area contributed by atoms with E-state index in [0.717, 1.165) is 60.7 Å². The second kappa shape index (κ2) is 10.9. The maximum absolute atomic E-state index is 12.6.